The van der Waals surface area contributed by atoms with Crippen LogP contribution in [0.1, 0.15) is 41.7 Å². The SMILES string of the molecule is Cc1cc(-c2cc(Cl)ncc2OC(F)F)c(C(=O)Nc2nnc(OC[C@H]3CC[C@H](O)CC3)s2)cn1. The highest BCUT2D eigenvalue weighted by Crippen LogP contribution is 2.35. The van der Waals surface area contributed by atoms with Crippen LogP contribution in [0.4, 0.5) is 13.9 Å². The molecular weight excluding hydrogens is 504 g/mol. The van der Waals surface area contributed by atoms with Gasteiger partial charge < -0.3 is 14.6 Å². The second-order valence-corrected chi connectivity index (χ2v) is 9.39. The van der Waals surface area contributed by atoms with Crippen LogP contribution >= 0.6 is 22.9 Å². The van der Waals surface area contributed by atoms with Gasteiger partial charge in [-0.05, 0) is 62.0 Å². The highest BCUT2D eigenvalue weighted by Gasteiger charge is 2.22. The number of aromatic nitrogens is 4. The Balaban J connectivity index is 1.50. The lowest BCUT2D eigenvalue weighted by atomic mass is 9.88. The molecule has 0 unspecified atom stereocenters. The summed E-state index contributed by atoms with van der Waals surface area (Å²) in [6, 6.07) is 2.90. The summed E-state index contributed by atoms with van der Waals surface area (Å²) in [5.74, 6) is -0.475. The zero-order valence-corrected chi connectivity index (χ0v) is 20.2. The van der Waals surface area contributed by atoms with Crippen LogP contribution in [-0.2, 0) is 0 Å². The summed E-state index contributed by atoms with van der Waals surface area (Å²) in [5, 5.41) is 20.7. The summed E-state index contributed by atoms with van der Waals surface area (Å²) in [6.07, 6.45) is 5.43. The van der Waals surface area contributed by atoms with Crippen molar-refractivity contribution in [3.8, 4) is 22.1 Å². The molecule has 9 nitrogen and oxygen atoms in total. The first-order chi connectivity index (χ1) is 16.8. The molecule has 0 aromatic carbocycles. The molecule has 4 rings (SSSR count). The summed E-state index contributed by atoms with van der Waals surface area (Å²) in [7, 11) is 0. The smallest absolute Gasteiger partial charge is 0.387 e. The van der Waals surface area contributed by atoms with Gasteiger partial charge in [0.05, 0.1) is 24.5 Å². The predicted molar refractivity (Wildman–Crippen MR) is 125 cm³/mol. The molecule has 0 radical (unpaired) electrons. The Kier molecular flexibility index (Phi) is 8.04. The van der Waals surface area contributed by atoms with Crippen LogP contribution in [0.2, 0.25) is 5.15 Å². The molecule has 186 valence electrons. The first kappa shape index (κ1) is 25.1. The number of alkyl halides is 2. The molecule has 3 aromatic heterocycles. The Bertz CT molecular complexity index is 1190. The van der Waals surface area contributed by atoms with Crippen LogP contribution < -0.4 is 14.8 Å². The van der Waals surface area contributed by atoms with Gasteiger partial charge >= 0.3 is 6.61 Å². The van der Waals surface area contributed by atoms with Crippen LogP contribution in [0.3, 0.4) is 0 Å². The number of aliphatic hydroxyl groups excluding tert-OH is 1. The molecule has 0 aliphatic heterocycles. The van der Waals surface area contributed by atoms with E-state index >= 15 is 0 Å². The summed E-state index contributed by atoms with van der Waals surface area (Å²) in [6.45, 7) is -0.935. The van der Waals surface area contributed by atoms with Crippen molar-refractivity contribution >= 4 is 34.0 Å². The van der Waals surface area contributed by atoms with Crippen molar-refractivity contribution in [2.75, 3.05) is 11.9 Å². The number of carbonyl (C=O) groups excluding carboxylic acids is 1. The number of amides is 1. The second kappa shape index (κ2) is 11.2. The minimum absolute atomic E-state index is 0.0424. The highest BCUT2D eigenvalue weighted by molar-refractivity contribution is 7.17. The van der Waals surface area contributed by atoms with E-state index in [0.717, 1.165) is 43.2 Å². The molecule has 1 amide bonds. The Hall–Kier alpha value is -2.96. The molecular formula is C22H22ClF2N5O4S. The molecule has 0 spiro atoms. The molecule has 0 bridgehead atoms. The lowest BCUT2D eigenvalue weighted by Gasteiger charge is -2.24. The van der Waals surface area contributed by atoms with Crippen molar-refractivity contribution in [1.29, 1.82) is 0 Å². The molecule has 3 aromatic rings. The van der Waals surface area contributed by atoms with Gasteiger partial charge in [0.25, 0.3) is 11.1 Å². The van der Waals surface area contributed by atoms with E-state index in [2.05, 4.69) is 30.2 Å². The minimum atomic E-state index is -3.09. The van der Waals surface area contributed by atoms with Crippen LogP contribution in [0, 0.1) is 12.8 Å². The van der Waals surface area contributed by atoms with Crippen molar-refractivity contribution in [2.45, 2.75) is 45.3 Å². The maximum absolute atomic E-state index is 13.1. The summed E-state index contributed by atoms with van der Waals surface area (Å²) >= 11 is 7.05. The van der Waals surface area contributed by atoms with Crippen molar-refractivity contribution in [1.82, 2.24) is 20.2 Å². The molecule has 1 saturated carbocycles. The molecule has 0 saturated heterocycles. The first-order valence-electron chi connectivity index (χ1n) is 10.8. The molecule has 1 aliphatic rings. The zero-order valence-electron chi connectivity index (χ0n) is 18.6. The van der Waals surface area contributed by atoms with E-state index in [1.807, 2.05) is 0 Å². The van der Waals surface area contributed by atoms with E-state index in [4.69, 9.17) is 16.3 Å². The normalized spacial score (nSPS) is 17.9. The Morgan fingerprint density at radius 3 is 2.71 bits per heavy atom. The monoisotopic (exact) mass is 525 g/mol. The topological polar surface area (TPSA) is 119 Å². The van der Waals surface area contributed by atoms with E-state index in [-0.39, 0.29) is 38.8 Å². The van der Waals surface area contributed by atoms with E-state index in [0.29, 0.717) is 23.4 Å². The number of carbonyl (C=O) groups is 1. The minimum Gasteiger partial charge on any atom is -0.469 e. The fraction of sp³-hybridized carbons (Fsp3) is 0.409. The molecule has 1 fully saturated rings. The average Bonchev–Trinajstić information content (AvgIpc) is 3.26. The number of nitrogens with zero attached hydrogens (tertiary/aromatic N) is 4. The maximum atomic E-state index is 13.1. The number of anilines is 1. The van der Waals surface area contributed by atoms with Crippen LogP contribution in [0.5, 0.6) is 10.9 Å². The average molecular weight is 526 g/mol. The number of nitrogens with one attached hydrogen (secondary N) is 1. The van der Waals surface area contributed by atoms with Gasteiger partial charge in [-0.1, -0.05) is 16.7 Å². The van der Waals surface area contributed by atoms with Crippen LogP contribution in [0.15, 0.2) is 24.5 Å². The lowest BCUT2D eigenvalue weighted by molar-refractivity contribution is -0.0496. The number of aryl methyl sites for hydroxylation is 1. The Morgan fingerprint density at radius 2 is 1.97 bits per heavy atom. The number of pyridine rings is 2. The fourth-order valence-electron chi connectivity index (χ4n) is 3.77. The molecule has 0 atom stereocenters. The van der Waals surface area contributed by atoms with Crippen LogP contribution in [-0.4, -0.2) is 50.5 Å². The van der Waals surface area contributed by atoms with Gasteiger partial charge in [0.1, 0.15) is 5.15 Å². The molecule has 3 heterocycles. The van der Waals surface area contributed by atoms with Gasteiger partial charge in [0.15, 0.2) is 5.75 Å². The summed E-state index contributed by atoms with van der Waals surface area (Å²) in [4.78, 5) is 21.0. The van der Waals surface area contributed by atoms with Gasteiger partial charge in [-0.3, -0.25) is 15.1 Å². The lowest BCUT2D eigenvalue weighted by Crippen LogP contribution is -2.22. The van der Waals surface area contributed by atoms with Gasteiger partial charge in [-0.15, -0.1) is 5.10 Å². The Morgan fingerprint density at radius 1 is 1.20 bits per heavy atom. The number of halogens is 3. The third-order valence-electron chi connectivity index (χ3n) is 5.51. The second-order valence-electron chi connectivity index (χ2n) is 8.07. The highest BCUT2D eigenvalue weighted by atomic mass is 35.5. The van der Waals surface area contributed by atoms with E-state index < -0.39 is 12.5 Å². The van der Waals surface area contributed by atoms with Crippen molar-refractivity contribution in [3.63, 3.8) is 0 Å². The van der Waals surface area contributed by atoms with E-state index in [9.17, 15) is 18.7 Å². The molecule has 35 heavy (non-hydrogen) atoms. The third kappa shape index (κ3) is 6.59. The van der Waals surface area contributed by atoms with Gasteiger partial charge in [0.2, 0.25) is 5.13 Å². The maximum Gasteiger partial charge on any atom is 0.387 e. The van der Waals surface area contributed by atoms with Crippen LogP contribution in [0.25, 0.3) is 11.1 Å². The molecule has 1 aliphatic carbocycles. The van der Waals surface area contributed by atoms with Gasteiger partial charge in [-0.2, -0.15) is 8.78 Å². The third-order valence-corrected chi connectivity index (χ3v) is 6.47. The Labute approximate surface area is 208 Å². The number of hydrogen-bond donors (Lipinski definition) is 2. The number of rotatable bonds is 8. The number of hydrogen-bond acceptors (Lipinski definition) is 9. The zero-order chi connectivity index (χ0) is 24.9. The van der Waals surface area contributed by atoms with E-state index in [1.54, 1.807) is 13.0 Å². The van der Waals surface area contributed by atoms with Crippen molar-refractivity contribution in [2.24, 2.45) is 5.92 Å². The fourth-order valence-corrected chi connectivity index (χ4v) is 4.52. The summed E-state index contributed by atoms with van der Waals surface area (Å²) in [5.41, 5.74) is 1.10. The molecule has 2 N–H and O–H groups in total. The standard InChI is InChI=1S/C22H22ClF2N5O4S/c1-11-6-14(15-7-18(23)27-9-17(15)34-20(24)25)16(8-26-11)19(32)28-21-29-30-22(35-21)33-10-12-2-4-13(31)5-3-12/h6-9,12-13,20,31H,2-5,10H2,1H3,(H,28,29,32)/t12-,13-. The van der Waals surface area contributed by atoms with Crippen molar-refractivity contribution < 1.29 is 28.2 Å². The quantitative estimate of drug-likeness (QED) is 0.405. The summed E-state index contributed by atoms with van der Waals surface area (Å²) < 4.78 is 36.2. The molecule has 13 heteroatoms. The number of ether oxygens (including phenoxy) is 2. The van der Waals surface area contributed by atoms with Gasteiger partial charge in [0, 0.05) is 23.0 Å². The van der Waals surface area contributed by atoms with E-state index in [1.165, 1.54) is 12.3 Å². The largest absolute Gasteiger partial charge is 0.469 e. The number of aliphatic hydroxyl groups is 1. The van der Waals surface area contributed by atoms with Gasteiger partial charge in [-0.25, -0.2) is 4.98 Å². The first-order valence-corrected chi connectivity index (χ1v) is 12.0. The van der Waals surface area contributed by atoms with Crippen molar-refractivity contribution in [3.05, 3.63) is 40.9 Å². The predicted octanol–water partition coefficient (Wildman–Crippen LogP) is 4.74.